The Hall–Kier alpha value is -0.570. The molecule has 0 bridgehead atoms. The predicted molar refractivity (Wildman–Crippen MR) is 88.4 cm³/mol. The molecule has 0 spiro atoms. The number of rotatable bonds is 5. The molecule has 2 saturated carbocycles. The number of esters is 1. The van der Waals surface area contributed by atoms with Crippen molar-refractivity contribution in [2.45, 2.75) is 92.1 Å². The molecule has 2 rings (SSSR count). The molecule has 0 amide bonds. The van der Waals surface area contributed by atoms with Crippen molar-refractivity contribution in [2.24, 2.45) is 16.2 Å². The fraction of sp³-hybridized carbons (Fsp3) is 0.947. The van der Waals surface area contributed by atoms with Gasteiger partial charge in [-0.25, -0.2) is 0 Å². The summed E-state index contributed by atoms with van der Waals surface area (Å²) in [4.78, 5) is 12.6. The number of hydrogen-bond donors (Lipinski definition) is 0. The zero-order chi connectivity index (χ0) is 16.4. The van der Waals surface area contributed by atoms with Gasteiger partial charge in [0, 0.05) is 0 Å². The average molecular weight is 310 g/mol. The quantitative estimate of drug-likeness (QED) is 0.403. The maximum absolute atomic E-state index is 12.6. The normalized spacial score (nSPS) is 29.0. The molecule has 0 saturated heterocycles. The Bertz CT molecular complexity index is 386. The molecular formula is C19H34O3. The Morgan fingerprint density at radius 2 is 1.64 bits per heavy atom. The zero-order valence-corrected chi connectivity index (χ0v) is 15.2. The monoisotopic (exact) mass is 310 g/mol. The summed E-state index contributed by atoms with van der Waals surface area (Å²) in [5.74, 6) is -0.0546. The van der Waals surface area contributed by atoms with Crippen LogP contribution in [0.4, 0.5) is 0 Å². The standard InChI is InChI=1S/C19H34O3/c1-17(2,3)12-19(13-18(19,4)5)16(20)22-14-21-15-10-8-6-7-9-11-15/h15H,6-14H2,1-5H3/t19-/m0/s1. The molecule has 0 aliphatic heterocycles. The van der Waals surface area contributed by atoms with E-state index in [-0.39, 0.29) is 35.1 Å². The highest BCUT2D eigenvalue weighted by Crippen LogP contribution is 2.68. The largest absolute Gasteiger partial charge is 0.438 e. The Labute approximate surface area is 136 Å². The molecule has 2 aliphatic carbocycles. The molecule has 0 aromatic heterocycles. The van der Waals surface area contributed by atoms with Gasteiger partial charge in [0.25, 0.3) is 0 Å². The van der Waals surface area contributed by atoms with Crippen molar-refractivity contribution in [1.82, 2.24) is 0 Å². The Kier molecular flexibility index (Phi) is 5.26. The second kappa shape index (κ2) is 6.51. The van der Waals surface area contributed by atoms with E-state index in [1.807, 2.05) is 0 Å². The summed E-state index contributed by atoms with van der Waals surface area (Å²) in [6.45, 7) is 11.1. The Balaban J connectivity index is 1.82. The van der Waals surface area contributed by atoms with Crippen molar-refractivity contribution in [3.8, 4) is 0 Å². The van der Waals surface area contributed by atoms with Crippen LogP contribution in [-0.4, -0.2) is 18.9 Å². The smallest absolute Gasteiger partial charge is 0.314 e. The lowest BCUT2D eigenvalue weighted by Crippen LogP contribution is -2.30. The summed E-state index contributed by atoms with van der Waals surface area (Å²) >= 11 is 0. The number of carbonyl (C=O) groups is 1. The van der Waals surface area contributed by atoms with Crippen LogP contribution in [0.5, 0.6) is 0 Å². The van der Waals surface area contributed by atoms with E-state index in [0.29, 0.717) is 0 Å². The first-order valence-electron chi connectivity index (χ1n) is 8.95. The Morgan fingerprint density at radius 1 is 1.09 bits per heavy atom. The van der Waals surface area contributed by atoms with E-state index in [4.69, 9.17) is 9.47 Å². The number of carbonyl (C=O) groups excluding carboxylic acids is 1. The van der Waals surface area contributed by atoms with Gasteiger partial charge in [0.15, 0.2) is 6.79 Å². The van der Waals surface area contributed by atoms with Gasteiger partial charge < -0.3 is 9.47 Å². The van der Waals surface area contributed by atoms with E-state index in [1.165, 1.54) is 25.7 Å². The topological polar surface area (TPSA) is 35.5 Å². The van der Waals surface area contributed by atoms with Crippen molar-refractivity contribution in [3.05, 3.63) is 0 Å². The predicted octanol–water partition coefficient (Wildman–Crippen LogP) is 5.08. The van der Waals surface area contributed by atoms with Gasteiger partial charge in [0.1, 0.15) is 0 Å². The molecular weight excluding hydrogens is 276 g/mol. The third-order valence-corrected chi connectivity index (χ3v) is 5.43. The first-order valence-corrected chi connectivity index (χ1v) is 8.95. The SMILES string of the molecule is CC(C)(C)C[C@@]1(C(=O)OCOC2CCCCCC2)CC1(C)C. The van der Waals surface area contributed by atoms with Gasteiger partial charge in [-0.15, -0.1) is 0 Å². The second-order valence-corrected chi connectivity index (χ2v) is 9.21. The Morgan fingerprint density at radius 3 is 2.09 bits per heavy atom. The van der Waals surface area contributed by atoms with Gasteiger partial charge in [-0.3, -0.25) is 4.79 Å². The van der Waals surface area contributed by atoms with Crippen molar-refractivity contribution in [2.75, 3.05) is 6.79 Å². The van der Waals surface area contributed by atoms with Gasteiger partial charge in [0.05, 0.1) is 11.5 Å². The first kappa shape index (κ1) is 17.8. The number of hydrogen-bond acceptors (Lipinski definition) is 3. The minimum Gasteiger partial charge on any atom is -0.438 e. The third kappa shape index (κ3) is 4.24. The molecule has 0 aromatic carbocycles. The maximum atomic E-state index is 12.6. The molecule has 3 nitrogen and oxygen atoms in total. The van der Waals surface area contributed by atoms with Crippen LogP contribution < -0.4 is 0 Å². The highest BCUT2D eigenvalue weighted by molar-refractivity contribution is 5.81. The van der Waals surface area contributed by atoms with E-state index >= 15 is 0 Å². The van der Waals surface area contributed by atoms with E-state index in [2.05, 4.69) is 34.6 Å². The molecule has 0 heterocycles. The van der Waals surface area contributed by atoms with Crippen LogP contribution in [0.2, 0.25) is 0 Å². The van der Waals surface area contributed by atoms with Crippen molar-refractivity contribution >= 4 is 5.97 Å². The van der Waals surface area contributed by atoms with Gasteiger partial charge >= 0.3 is 5.97 Å². The molecule has 0 unspecified atom stereocenters. The molecule has 0 radical (unpaired) electrons. The highest BCUT2D eigenvalue weighted by Gasteiger charge is 2.67. The number of ether oxygens (including phenoxy) is 2. The summed E-state index contributed by atoms with van der Waals surface area (Å²) in [5.41, 5.74) is -0.118. The van der Waals surface area contributed by atoms with Crippen LogP contribution in [0.25, 0.3) is 0 Å². The molecule has 2 fully saturated rings. The molecule has 22 heavy (non-hydrogen) atoms. The first-order chi connectivity index (χ1) is 10.2. The van der Waals surface area contributed by atoms with Crippen molar-refractivity contribution < 1.29 is 14.3 Å². The van der Waals surface area contributed by atoms with E-state index in [0.717, 1.165) is 25.7 Å². The highest BCUT2D eigenvalue weighted by atomic mass is 16.7. The van der Waals surface area contributed by atoms with Crippen LogP contribution in [-0.2, 0) is 14.3 Å². The van der Waals surface area contributed by atoms with Gasteiger partial charge in [-0.1, -0.05) is 60.3 Å². The second-order valence-electron chi connectivity index (χ2n) is 9.21. The van der Waals surface area contributed by atoms with E-state index < -0.39 is 0 Å². The molecule has 0 aromatic rings. The van der Waals surface area contributed by atoms with Gasteiger partial charge in [0.2, 0.25) is 0 Å². The van der Waals surface area contributed by atoms with Crippen molar-refractivity contribution in [1.29, 1.82) is 0 Å². The maximum Gasteiger partial charge on any atom is 0.314 e. The molecule has 128 valence electrons. The minimum atomic E-state index is -0.307. The lowest BCUT2D eigenvalue weighted by molar-refractivity contribution is -0.170. The van der Waals surface area contributed by atoms with E-state index in [1.54, 1.807) is 0 Å². The summed E-state index contributed by atoms with van der Waals surface area (Å²) < 4.78 is 11.3. The minimum absolute atomic E-state index is 0.0546. The summed E-state index contributed by atoms with van der Waals surface area (Å²) in [5, 5.41) is 0. The van der Waals surface area contributed by atoms with Crippen LogP contribution >= 0.6 is 0 Å². The molecule has 2 aliphatic rings. The fourth-order valence-electron chi connectivity index (χ4n) is 4.07. The molecule has 1 atom stereocenters. The van der Waals surface area contributed by atoms with Gasteiger partial charge in [-0.05, 0) is 36.5 Å². The molecule has 3 heteroatoms. The molecule has 0 N–H and O–H groups in total. The van der Waals surface area contributed by atoms with Crippen LogP contribution in [0.1, 0.15) is 86.0 Å². The zero-order valence-electron chi connectivity index (χ0n) is 15.2. The summed E-state index contributed by atoms with van der Waals surface area (Å²) in [7, 11) is 0. The van der Waals surface area contributed by atoms with Crippen molar-refractivity contribution in [3.63, 3.8) is 0 Å². The lowest BCUT2D eigenvalue weighted by atomic mass is 9.79. The van der Waals surface area contributed by atoms with E-state index in [9.17, 15) is 4.79 Å². The fourth-order valence-corrected chi connectivity index (χ4v) is 4.07. The lowest BCUT2D eigenvalue weighted by Gasteiger charge is -2.27. The average Bonchev–Trinajstić information content (AvgIpc) is 3.01. The van der Waals surface area contributed by atoms with Crippen LogP contribution in [0.15, 0.2) is 0 Å². The summed E-state index contributed by atoms with van der Waals surface area (Å²) in [6.07, 6.45) is 9.40. The summed E-state index contributed by atoms with van der Waals surface area (Å²) in [6, 6.07) is 0. The van der Waals surface area contributed by atoms with Crippen LogP contribution in [0.3, 0.4) is 0 Å². The third-order valence-electron chi connectivity index (χ3n) is 5.43. The van der Waals surface area contributed by atoms with Crippen LogP contribution in [0, 0.1) is 16.2 Å². The van der Waals surface area contributed by atoms with Gasteiger partial charge in [-0.2, -0.15) is 0 Å².